The van der Waals surface area contributed by atoms with Crippen molar-refractivity contribution in [3.8, 4) is 30.3 Å². The number of halogens is 18. The van der Waals surface area contributed by atoms with Crippen molar-refractivity contribution in [1.29, 1.82) is 26.3 Å². The average molecular weight is 795 g/mol. The number of nitriles is 5. The Labute approximate surface area is 284 Å². The van der Waals surface area contributed by atoms with Crippen LogP contribution in [0.25, 0.3) is 5.57 Å². The van der Waals surface area contributed by atoms with Gasteiger partial charge < -0.3 is 0 Å². The van der Waals surface area contributed by atoms with E-state index in [2.05, 4.69) is 0 Å². The summed E-state index contributed by atoms with van der Waals surface area (Å²) in [7, 11) is 0. The first-order valence-corrected chi connectivity index (χ1v) is 12.9. The third kappa shape index (κ3) is 7.82. The van der Waals surface area contributed by atoms with E-state index in [1.807, 2.05) is 19.9 Å². The van der Waals surface area contributed by atoms with Crippen LogP contribution in [0.15, 0.2) is 28.4 Å². The zero-order valence-corrected chi connectivity index (χ0v) is 24.6. The first-order chi connectivity index (χ1) is 24.4. The van der Waals surface area contributed by atoms with Gasteiger partial charge in [0.1, 0.15) is 12.1 Å². The molecule has 0 fully saturated rings. The summed E-state index contributed by atoms with van der Waals surface area (Å²) in [4.78, 5) is 8.13. The van der Waals surface area contributed by atoms with E-state index in [0.717, 1.165) is 24.3 Å². The molecule has 0 radical (unpaired) electrons. The zero-order chi connectivity index (χ0) is 41.7. The maximum atomic E-state index is 14.1. The van der Waals surface area contributed by atoms with Gasteiger partial charge in [-0.05, 0) is 6.08 Å². The highest BCUT2D eigenvalue weighted by molar-refractivity contribution is 5.89. The molecule has 0 spiro atoms. The van der Waals surface area contributed by atoms with E-state index < -0.39 is 122 Å². The topological polar surface area (TPSA) is 171 Å². The molecular weight excluding hydrogens is 792 g/mol. The number of rotatable bonds is 3. The van der Waals surface area contributed by atoms with E-state index in [1.165, 1.54) is 0 Å². The minimum Gasteiger partial charge on any atom is -0.219 e. The molecule has 0 N–H and O–H groups in total. The first kappa shape index (κ1) is 42.0. The van der Waals surface area contributed by atoms with E-state index in [4.69, 9.17) is 0 Å². The minimum atomic E-state index is -6.36. The molecule has 27 heteroatoms. The molecule has 0 saturated carbocycles. The van der Waals surface area contributed by atoms with Crippen LogP contribution in [0.3, 0.4) is 0 Å². The summed E-state index contributed by atoms with van der Waals surface area (Å²) in [5.74, 6) is -12.5. The molecule has 0 amide bonds. The third-order valence-electron chi connectivity index (χ3n) is 6.70. The SMILES string of the molecule is N#CC1=C/C(=C(/C#N)c2c(C(F)(F)F)nc(C(F)(F)F)nc2C(F)(F)F)C(C#N)=C(C#N)C1C(C#N)c1c(C(F)(F)F)nc(C(F)(F)F)nc1C(F)(F)F. The summed E-state index contributed by atoms with van der Waals surface area (Å²) < 4.78 is 248. The summed E-state index contributed by atoms with van der Waals surface area (Å²) in [6.45, 7) is 0. The van der Waals surface area contributed by atoms with Crippen LogP contribution in [0, 0.1) is 62.6 Å². The van der Waals surface area contributed by atoms with Crippen LogP contribution in [0.4, 0.5) is 79.0 Å². The summed E-state index contributed by atoms with van der Waals surface area (Å²) in [5.41, 5.74) is -27.0. The molecule has 0 saturated heterocycles. The molecule has 0 bridgehead atoms. The lowest BCUT2D eigenvalue weighted by atomic mass is 9.70. The minimum absolute atomic E-state index is 0.184. The standard InChI is InChI=1S/C27H3F18N9/c28-22(29,30)16-14(17(23(31,32)33)52-20(51-16)26(40,41)42)10(4-48)8-1-7(2-46)13(11(5-49)9(8)3-47)12(6-50)15-18(24(34,35)36)53-21(27(43,44)45)54-19(15)25(37,38)39/h1,12-13H/b10-8+. The van der Waals surface area contributed by atoms with Gasteiger partial charge in [-0.25, -0.2) is 19.9 Å². The van der Waals surface area contributed by atoms with Crippen LogP contribution in [0.1, 0.15) is 51.5 Å². The lowest BCUT2D eigenvalue weighted by molar-refractivity contribution is -0.162. The summed E-state index contributed by atoms with van der Waals surface area (Å²) in [5, 5.41) is 49.1. The van der Waals surface area contributed by atoms with Gasteiger partial charge in [-0.1, -0.05) is 0 Å². The Bertz CT molecular complexity index is 2140. The number of allylic oxidation sites excluding steroid dienone is 6. The Morgan fingerprint density at radius 3 is 1.20 bits per heavy atom. The molecule has 1 aliphatic rings. The molecule has 2 aromatic rings. The van der Waals surface area contributed by atoms with E-state index in [9.17, 15) is 105 Å². The van der Waals surface area contributed by atoms with Gasteiger partial charge in [0.25, 0.3) is 0 Å². The van der Waals surface area contributed by atoms with Gasteiger partial charge in [0.2, 0.25) is 11.6 Å². The Kier molecular flexibility index (Phi) is 10.5. The third-order valence-corrected chi connectivity index (χ3v) is 6.70. The molecule has 1 aliphatic carbocycles. The van der Waals surface area contributed by atoms with Gasteiger partial charge >= 0.3 is 37.1 Å². The quantitative estimate of drug-likeness (QED) is 0.219. The number of hydrogen-bond acceptors (Lipinski definition) is 9. The highest BCUT2D eigenvalue weighted by Gasteiger charge is 2.53. The largest absolute Gasteiger partial charge is 0.451 e. The summed E-state index contributed by atoms with van der Waals surface area (Å²) in [6.07, 6.45) is -37.9. The Morgan fingerprint density at radius 2 is 0.926 bits per heavy atom. The van der Waals surface area contributed by atoms with Crippen molar-refractivity contribution in [3.63, 3.8) is 0 Å². The predicted molar refractivity (Wildman–Crippen MR) is 130 cm³/mol. The molecule has 9 nitrogen and oxygen atoms in total. The van der Waals surface area contributed by atoms with Crippen LogP contribution in [0.5, 0.6) is 0 Å². The van der Waals surface area contributed by atoms with E-state index >= 15 is 0 Å². The normalized spacial score (nSPS) is 17.4. The number of alkyl halides is 18. The second-order valence-electron chi connectivity index (χ2n) is 9.97. The molecule has 2 atom stereocenters. The van der Waals surface area contributed by atoms with Gasteiger partial charge in [0.15, 0.2) is 22.8 Å². The highest BCUT2D eigenvalue weighted by Crippen LogP contribution is 2.51. The van der Waals surface area contributed by atoms with Gasteiger partial charge in [-0.15, -0.1) is 0 Å². The molecule has 0 aliphatic heterocycles. The van der Waals surface area contributed by atoms with Gasteiger partial charge in [0, 0.05) is 16.7 Å². The fourth-order valence-corrected chi connectivity index (χ4v) is 4.78. The van der Waals surface area contributed by atoms with Gasteiger partial charge in [-0.3, -0.25) is 0 Å². The highest BCUT2D eigenvalue weighted by atomic mass is 19.4. The fraction of sp³-hybridized carbons (Fsp3) is 0.296. The Morgan fingerprint density at radius 1 is 0.537 bits per heavy atom. The number of hydrogen-bond donors (Lipinski definition) is 0. The molecule has 2 aromatic heterocycles. The van der Waals surface area contributed by atoms with Crippen molar-refractivity contribution >= 4 is 5.57 Å². The second-order valence-corrected chi connectivity index (χ2v) is 9.97. The lowest BCUT2D eigenvalue weighted by Crippen LogP contribution is -2.30. The van der Waals surface area contributed by atoms with Gasteiger partial charge in [0.05, 0.1) is 52.3 Å². The molecule has 3 rings (SSSR count). The average Bonchev–Trinajstić information content (AvgIpc) is 3.02. The van der Waals surface area contributed by atoms with E-state index in [0.29, 0.717) is 6.07 Å². The Balaban J connectivity index is 2.67. The monoisotopic (exact) mass is 795 g/mol. The Hall–Kier alpha value is -6.43. The van der Waals surface area contributed by atoms with Crippen molar-refractivity contribution in [2.24, 2.45) is 5.92 Å². The van der Waals surface area contributed by atoms with Crippen molar-refractivity contribution in [1.82, 2.24) is 19.9 Å². The van der Waals surface area contributed by atoms with Crippen molar-refractivity contribution < 1.29 is 79.0 Å². The zero-order valence-electron chi connectivity index (χ0n) is 24.6. The smallest absolute Gasteiger partial charge is 0.219 e. The van der Waals surface area contributed by atoms with Crippen LogP contribution < -0.4 is 0 Å². The van der Waals surface area contributed by atoms with E-state index in [-0.39, 0.29) is 6.08 Å². The fourth-order valence-electron chi connectivity index (χ4n) is 4.78. The predicted octanol–water partition coefficient (Wildman–Crippen LogP) is 8.39. The molecule has 2 heterocycles. The maximum absolute atomic E-state index is 14.1. The van der Waals surface area contributed by atoms with Crippen LogP contribution in [-0.4, -0.2) is 19.9 Å². The van der Waals surface area contributed by atoms with Crippen LogP contribution in [-0.2, 0) is 37.1 Å². The molecule has 2 unspecified atom stereocenters. The maximum Gasteiger partial charge on any atom is 0.451 e. The van der Waals surface area contributed by atoms with Crippen molar-refractivity contribution in [2.75, 3.05) is 0 Å². The van der Waals surface area contributed by atoms with Crippen LogP contribution >= 0.6 is 0 Å². The van der Waals surface area contributed by atoms with Crippen LogP contribution in [0.2, 0.25) is 0 Å². The number of nitrogens with zero attached hydrogens (tertiary/aromatic N) is 9. The number of aromatic nitrogens is 4. The summed E-state index contributed by atoms with van der Waals surface area (Å²) in [6, 6.07) is 4.17. The second kappa shape index (κ2) is 13.5. The van der Waals surface area contributed by atoms with Gasteiger partial charge in [-0.2, -0.15) is 105 Å². The molecule has 0 aromatic carbocycles. The molecule has 282 valence electrons. The van der Waals surface area contributed by atoms with Crippen molar-refractivity contribution in [3.05, 3.63) is 73.9 Å². The first-order valence-electron chi connectivity index (χ1n) is 12.9. The summed E-state index contributed by atoms with van der Waals surface area (Å²) >= 11 is 0. The van der Waals surface area contributed by atoms with Crippen molar-refractivity contribution in [2.45, 2.75) is 43.0 Å². The van der Waals surface area contributed by atoms with E-state index in [1.54, 1.807) is 0 Å². The molecule has 54 heavy (non-hydrogen) atoms. The molecular formula is C27H3F18N9. The lowest BCUT2D eigenvalue weighted by Gasteiger charge is -2.29.